The molecule has 0 spiro atoms. The van der Waals surface area contributed by atoms with E-state index in [1.807, 2.05) is 0 Å². The SMILES string of the molecule is CCOC(=O)N1CCN(C(=O)c2ccc(Cl)cc2[N+](=O)[O-])CC1. The van der Waals surface area contributed by atoms with Crippen molar-refractivity contribution in [1.82, 2.24) is 9.80 Å². The van der Waals surface area contributed by atoms with Crippen molar-refractivity contribution in [1.29, 1.82) is 0 Å². The summed E-state index contributed by atoms with van der Waals surface area (Å²) in [5.41, 5.74) is -0.334. The molecule has 1 heterocycles. The number of hydrogen-bond acceptors (Lipinski definition) is 5. The number of benzene rings is 1. The van der Waals surface area contributed by atoms with Crippen molar-refractivity contribution in [2.45, 2.75) is 6.92 Å². The highest BCUT2D eigenvalue weighted by Crippen LogP contribution is 2.25. The van der Waals surface area contributed by atoms with Crippen LogP contribution in [0, 0.1) is 10.1 Å². The van der Waals surface area contributed by atoms with Crippen LogP contribution in [0.2, 0.25) is 5.02 Å². The van der Waals surface area contributed by atoms with Gasteiger partial charge in [0.1, 0.15) is 5.56 Å². The predicted octanol–water partition coefficient (Wildman–Crippen LogP) is 2.16. The van der Waals surface area contributed by atoms with Crippen molar-refractivity contribution < 1.29 is 19.2 Å². The maximum Gasteiger partial charge on any atom is 0.409 e. The molecule has 1 fully saturated rings. The van der Waals surface area contributed by atoms with Crippen LogP contribution in [0.15, 0.2) is 18.2 Å². The molecular formula is C14H16ClN3O5. The Balaban J connectivity index is 2.09. The van der Waals surface area contributed by atoms with Crippen LogP contribution in [0.4, 0.5) is 10.5 Å². The fraction of sp³-hybridized carbons (Fsp3) is 0.429. The van der Waals surface area contributed by atoms with E-state index in [0.717, 1.165) is 6.07 Å². The third kappa shape index (κ3) is 3.89. The van der Waals surface area contributed by atoms with Crippen molar-refractivity contribution in [2.75, 3.05) is 32.8 Å². The van der Waals surface area contributed by atoms with Gasteiger partial charge < -0.3 is 14.5 Å². The van der Waals surface area contributed by atoms with Crippen LogP contribution >= 0.6 is 11.6 Å². The van der Waals surface area contributed by atoms with Crippen LogP contribution in [-0.2, 0) is 4.74 Å². The molecule has 23 heavy (non-hydrogen) atoms. The zero-order valence-corrected chi connectivity index (χ0v) is 13.3. The van der Waals surface area contributed by atoms with E-state index in [1.54, 1.807) is 6.92 Å². The standard InChI is InChI=1S/C14H16ClN3O5/c1-2-23-14(20)17-7-5-16(6-8-17)13(19)11-4-3-10(15)9-12(11)18(21)22/h3-4,9H,2,5-8H2,1H3. The lowest BCUT2D eigenvalue weighted by Gasteiger charge is -2.34. The first-order valence-electron chi connectivity index (χ1n) is 7.09. The number of rotatable bonds is 3. The minimum Gasteiger partial charge on any atom is -0.450 e. The van der Waals surface area contributed by atoms with Gasteiger partial charge in [0.05, 0.1) is 11.5 Å². The molecule has 9 heteroatoms. The first-order valence-corrected chi connectivity index (χ1v) is 7.46. The Morgan fingerprint density at radius 1 is 1.26 bits per heavy atom. The fourth-order valence-corrected chi connectivity index (χ4v) is 2.48. The van der Waals surface area contributed by atoms with Crippen LogP contribution in [0.25, 0.3) is 0 Å². The van der Waals surface area contributed by atoms with Crippen LogP contribution in [0.3, 0.4) is 0 Å². The summed E-state index contributed by atoms with van der Waals surface area (Å²) in [6, 6.07) is 3.95. The van der Waals surface area contributed by atoms with Gasteiger partial charge in [-0.2, -0.15) is 0 Å². The van der Waals surface area contributed by atoms with E-state index >= 15 is 0 Å². The largest absolute Gasteiger partial charge is 0.450 e. The molecule has 1 aliphatic heterocycles. The topological polar surface area (TPSA) is 93.0 Å². The van der Waals surface area contributed by atoms with Crippen LogP contribution in [0.5, 0.6) is 0 Å². The number of carbonyl (C=O) groups is 2. The van der Waals surface area contributed by atoms with Gasteiger partial charge in [-0.1, -0.05) is 11.6 Å². The Kier molecular flexibility index (Phi) is 5.38. The van der Waals surface area contributed by atoms with Gasteiger partial charge in [-0.3, -0.25) is 14.9 Å². The molecule has 0 radical (unpaired) electrons. The van der Waals surface area contributed by atoms with Gasteiger partial charge in [0, 0.05) is 37.3 Å². The number of hydrogen-bond donors (Lipinski definition) is 0. The average Bonchev–Trinajstić information content (AvgIpc) is 2.54. The molecule has 8 nitrogen and oxygen atoms in total. The Morgan fingerprint density at radius 3 is 2.43 bits per heavy atom. The number of nitro benzene ring substituents is 1. The van der Waals surface area contributed by atoms with Gasteiger partial charge in [-0.25, -0.2) is 4.79 Å². The molecule has 0 unspecified atom stereocenters. The summed E-state index contributed by atoms with van der Waals surface area (Å²) < 4.78 is 4.91. The number of amides is 2. The highest BCUT2D eigenvalue weighted by atomic mass is 35.5. The Labute approximate surface area is 137 Å². The number of nitro groups is 1. The number of ether oxygens (including phenoxy) is 1. The van der Waals surface area contributed by atoms with Crippen LogP contribution < -0.4 is 0 Å². The lowest BCUT2D eigenvalue weighted by molar-refractivity contribution is -0.385. The van der Waals surface area contributed by atoms with Crippen molar-refractivity contribution in [2.24, 2.45) is 0 Å². The molecule has 0 atom stereocenters. The molecule has 1 aromatic carbocycles. The molecule has 0 N–H and O–H groups in total. The predicted molar refractivity (Wildman–Crippen MR) is 82.6 cm³/mol. The zero-order chi connectivity index (χ0) is 17.0. The highest BCUT2D eigenvalue weighted by molar-refractivity contribution is 6.31. The summed E-state index contributed by atoms with van der Waals surface area (Å²) >= 11 is 5.75. The summed E-state index contributed by atoms with van der Waals surface area (Å²) in [6.07, 6.45) is -0.419. The van der Waals surface area contributed by atoms with E-state index in [9.17, 15) is 19.7 Å². The molecule has 0 bridgehead atoms. The van der Waals surface area contributed by atoms with E-state index in [-0.39, 0.29) is 36.0 Å². The summed E-state index contributed by atoms with van der Waals surface area (Å²) in [7, 11) is 0. The number of piperazine rings is 1. The maximum atomic E-state index is 12.5. The van der Waals surface area contributed by atoms with Crippen molar-refractivity contribution in [3.8, 4) is 0 Å². The summed E-state index contributed by atoms with van der Waals surface area (Å²) in [4.78, 5) is 37.5. The summed E-state index contributed by atoms with van der Waals surface area (Å²) in [5, 5.41) is 11.3. The van der Waals surface area contributed by atoms with Gasteiger partial charge >= 0.3 is 6.09 Å². The van der Waals surface area contributed by atoms with Crippen molar-refractivity contribution in [3.05, 3.63) is 38.9 Å². The third-order valence-corrected chi connectivity index (χ3v) is 3.71. The normalized spacial score (nSPS) is 14.5. The molecule has 1 saturated heterocycles. The minimum atomic E-state index is -0.631. The van der Waals surface area contributed by atoms with Gasteiger partial charge in [-0.15, -0.1) is 0 Å². The Bertz CT molecular complexity index is 629. The Hall–Kier alpha value is -2.35. The second-order valence-electron chi connectivity index (χ2n) is 4.90. The molecule has 0 aliphatic carbocycles. The first-order chi connectivity index (χ1) is 10.9. The van der Waals surface area contributed by atoms with E-state index in [1.165, 1.54) is 21.9 Å². The first kappa shape index (κ1) is 17.0. The lowest BCUT2D eigenvalue weighted by atomic mass is 10.1. The van der Waals surface area contributed by atoms with Crippen molar-refractivity contribution >= 4 is 29.3 Å². The summed E-state index contributed by atoms with van der Waals surface area (Å²) in [5.74, 6) is -0.447. The molecule has 0 saturated carbocycles. The third-order valence-electron chi connectivity index (χ3n) is 3.48. The van der Waals surface area contributed by atoms with E-state index < -0.39 is 16.9 Å². The quantitative estimate of drug-likeness (QED) is 0.620. The average molecular weight is 342 g/mol. The smallest absolute Gasteiger partial charge is 0.409 e. The molecule has 2 amide bonds. The molecular weight excluding hydrogens is 326 g/mol. The second kappa shape index (κ2) is 7.28. The van der Waals surface area contributed by atoms with Gasteiger partial charge in [-0.05, 0) is 19.1 Å². The highest BCUT2D eigenvalue weighted by Gasteiger charge is 2.29. The lowest BCUT2D eigenvalue weighted by Crippen LogP contribution is -2.50. The monoisotopic (exact) mass is 341 g/mol. The zero-order valence-electron chi connectivity index (χ0n) is 12.5. The van der Waals surface area contributed by atoms with Gasteiger partial charge in [0.15, 0.2) is 0 Å². The van der Waals surface area contributed by atoms with E-state index in [2.05, 4.69) is 0 Å². The van der Waals surface area contributed by atoms with E-state index in [0.29, 0.717) is 13.1 Å². The number of nitrogens with zero attached hydrogens (tertiary/aromatic N) is 3. The van der Waals surface area contributed by atoms with Gasteiger partial charge in [0.2, 0.25) is 0 Å². The maximum absolute atomic E-state index is 12.5. The Morgan fingerprint density at radius 2 is 1.87 bits per heavy atom. The second-order valence-corrected chi connectivity index (χ2v) is 5.33. The molecule has 124 valence electrons. The summed E-state index contributed by atoms with van der Waals surface area (Å²) in [6.45, 7) is 3.24. The number of halogens is 1. The molecule has 0 aromatic heterocycles. The van der Waals surface area contributed by atoms with Crippen LogP contribution in [0.1, 0.15) is 17.3 Å². The molecule has 2 rings (SSSR count). The molecule has 1 aromatic rings. The van der Waals surface area contributed by atoms with Crippen molar-refractivity contribution in [3.63, 3.8) is 0 Å². The minimum absolute atomic E-state index is 0.0102. The van der Waals surface area contributed by atoms with Crippen LogP contribution in [-0.4, -0.2) is 59.5 Å². The molecule has 1 aliphatic rings. The van der Waals surface area contributed by atoms with Gasteiger partial charge in [0.25, 0.3) is 11.6 Å². The fourth-order valence-electron chi connectivity index (χ4n) is 2.31. The van der Waals surface area contributed by atoms with E-state index in [4.69, 9.17) is 16.3 Å². The number of carbonyl (C=O) groups excluding carboxylic acids is 2.